The summed E-state index contributed by atoms with van der Waals surface area (Å²) >= 11 is 0. The van der Waals surface area contributed by atoms with Crippen LogP contribution in [0.15, 0.2) is 30.3 Å². The smallest absolute Gasteiger partial charge is 0.312 e. The van der Waals surface area contributed by atoms with Crippen LogP contribution in [0.3, 0.4) is 0 Å². The number of nitrogens with zero attached hydrogens (tertiary/aromatic N) is 1. The number of rotatable bonds is 4. The number of carbonyl (C=O) groups excluding carboxylic acids is 1. The van der Waals surface area contributed by atoms with Crippen molar-refractivity contribution >= 4 is 11.9 Å². The summed E-state index contributed by atoms with van der Waals surface area (Å²) in [5.74, 6) is -0.781. The van der Waals surface area contributed by atoms with Crippen LogP contribution in [0.1, 0.15) is 58.6 Å². The fourth-order valence-electron chi connectivity index (χ4n) is 4.51. The minimum atomic E-state index is -0.967. The van der Waals surface area contributed by atoms with Crippen LogP contribution in [0.2, 0.25) is 0 Å². The first-order valence-corrected chi connectivity index (χ1v) is 8.72. The average Bonchev–Trinajstić information content (AvgIpc) is 3.27. The third-order valence-electron chi connectivity index (χ3n) is 5.77. The van der Waals surface area contributed by atoms with Gasteiger partial charge in [0, 0.05) is 6.54 Å². The van der Waals surface area contributed by atoms with Gasteiger partial charge in [-0.1, -0.05) is 51.1 Å². The van der Waals surface area contributed by atoms with Gasteiger partial charge in [-0.25, -0.2) is 0 Å². The molecule has 4 heteroatoms. The number of aliphatic carboxylic acids is 1. The fraction of sp³-hybridized carbons (Fsp3) is 0.600. The number of hydrogen-bond acceptors (Lipinski definition) is 2. The van der Waals surface area contributed by atoms with Crippen LogP contribution in [0.25, 0.3) is 0 Å². The number of likely N-dealkylation sites (tertiary alicyclic amines) is 1. The Morgan fingerprint density at radius 1 is 1.25 bits per heavy atom. The number of carbonyl (C=O) groups is 2. The molecule has 1 aliphatic heterocycles. The van der Waals surface area contributed by atoms with Crippen molar-refractivity contribution in [1.82, 2.24) is 4.90 Å². The summed E-state index contributed by atoms with van der Waals surface area (Å²) < 4.78 is 0. The quantitative estimate of drug-likeness (QED) is 0.912. The van der Waals surface area contributed by atoms with Gasteiger partial charge < -0.3 is 10.0 Å². The van der Waals surface area contributed by atoms with Crippen LogP contribution in [0, 0.1) is 16.2 Å². The van der Waals surface area contributed by atoms with Crippen molar-refractivity contribution in [2.24, 2.45) is 16.2 Å². The first kappa shape index (κ1) is 17.0. The summed E-state index contributed by atoms with van der Waals surface area (Å²) in [7, 11) is 0. The Morgan fingerprint density at radius 2 is 1.83 bits per heavy atom. The standard InChI is InChI=1S/C20H27NO3/c1-14(15-8-6-5-7-9-15)21-13-20(17(23)24,12-18(2,3)4)19(10-11-19)16(21)22/h5-9,14H,10-13H2,1-4H3,(H,23,24)/t14-,20+/m1/s1. The SMILES string of the molecule is C[C@H](c1ccccc1)N1C[C@@](CC(C)(C)C)(C(=O)O)C2(CC2)C1=O. The molecule has 2 atom stereocenters. The van der Waals surface area contributed by atoms with Crippen LogP contribution >= 0.6 is 0 Å². The van der Waals surface area contributed by atoms with Gasteiger partial charge in [0.2, 0.25) is 5.91 Å². The summed E-state index contributed by atoms with van der Waals surface area (Å²) in [5, 5.41) is 10.1. The van der Waals surface area contributed by atoms with Gasteiger partial charge in [-0.05, 0) is 37.2 Å². The third-order valence-corrected chi connectivity index (χ3v) is 5.77. The van der Waals surface area contributed by atoms with Gasteiger partial charge in [0.25, 0.3) is 0 Å². The van der Waals surface area contributed by atoms with E-state index in [2.05, 4.69) is 20.8 Å². The lowest BCUT2D eigenvalue weighted by Gasteiger charge is -2.35. The summed E-state index contributed by atoms with van der Waals surface area (Å²) in [6.45, 7) is 8.48. The summed E-state index contributed by atoms with van der Waals surface area (Å²) in [6, 6.07) is 9.77. The van der Waals surface area contributed by atoms with Crippen LogP contribution in [-0.4, -0.2) is 28.4 Å². The Hall–Kier alpha value is -1.84. The maximum Gasteiger partial charge on any atom is 0.312 e. The molecule has 0 unspecified atom stereocenters. The zero-order chi connectivity index (χ0) is 17.8. The summed E-state index contributed by atoms with van der Waals surface area (Å²) in [4.78, 5) is 27.3. The van der Waals surface area contributed by atoms with Gasteiger partial charge in [-0.3, -0.25) is 9.59 Å². The van der Waals surface area contributed by atoms with Crippen LogP contribution in [0.5, 0.6) is 0 Å². The Bertz CT molecular complexity index is 657. The molecule has 1 heterocycles. The van der Waals surface area contributed by atoms with E-state index in [4.69, 9.17) is 0 Å². The van der Waals surface area contributed by atoms with Crippen molar-refractivity contribution < 1.29 is 14.7 Å². The molecule has 130 valence electrons. The van der Waals surface area contributed by atoms with Crippen molar-refractivity contribution in [2.45, 2.75) is 53.0 Å². The molecule has 1 amide bonds. The highest BCUT2D eigenvalue weighted by molar-refractivity contribution is 5.97. The zero-order valence-electron chi connectivity index (χ0n) is 15.0. The second-order valence-electron chi connectivity index (χ2n) is 8.73. The minimum Gasteiger partial charge on any atom is -0.481 e. The highest BCUT2D eigenvalue weighted by atomic mass is 16.4. The molecule has 2 fully saturated rings. The van der Waals surface area contributed by atoms with E-state index in [1.54, 1.807) is 0 Å². The molecule has 1 N–H and O–H groups in total. The Morgan fingerprint density at radius 3 is 2.29 bits per heavy atom. The number of carboxylic acids is 1. The summed E-state index contributed by atoms with van der Waals surface area (Å²) in [5.41, 5.74) is -0.737. The molecule has 0 aromatic heterocycles. The monoisotopic (exact) mass is 329 g/mol. The molecule has 24 heavy (non-hydrogen) atoms. The molecule has 0 radical (unpaired) electrons. The number of carboxylic acid groups (broad SMARTS) is 1. The van der Waals surface area contributed by atoms with E-state index in [1.165, 1.54) is 0 Å². The molecule has 2 aliphatic rings. The lowest BCUT2D eigenvalue weighted by molar-refractivity contribution is -0.155. The predicted molar refractivity (Wildman–Crippen MR) is 92.4 cm³/mol. The molecule has 1 saturated carbocycles. The Labute approximate surface area is 143 Å². The first-order valence-electron chi connectivity index (χ1n) is 8.72. The number of amides is 1. The third kappa shape index (κ3) is 2.43. The van der Waals surface area contributed by atoms with Gasteiger partial charge >= 0.3 is 5.97 Å². The van der Waals surface area contributed by atoms with Crippen LogP contribution in [0.4, 0.5) is 0 Å². The van der Waals surface area contributed by atoms with Gasteiger partial charge in [0.05, 0.1) is 11.5 Å². The molecule has 1 aromatic rings. The molecular formula is C20H27NO3. The Kier molecular flexibility index (Phi) is 3.78. The van der Waals surface area contributed by atoms with E-state index in [9.17, 15) is 14.7 Å². The maximum atomic E-state index is 13.2. The van der Waals surface area contributed by atoms with Gasteiger partial charge in [0.1, 0.15) is 5.41 Å². The molecule has 1 spiro atoms. The zero-order valence-corrected chi connectivity index (χ0v) is 15.0. The highest BCUT2D eigenvalue weighted by Gasteiger charge is 2.74. The highest BCUT2D eigenvalue weighted by Crippen LogP contribution is 2.67. The lowest BCUT2D eigenvalue weighted by atomic mass is 9.66. The van der Waals surface area contributed by atoms with E-state index >= 15 is 0 Å². The molecule has 0 bridgehead atoms. The number of hydrogen-bond donors (Lipinski definition) is 1. The van der Waals surface area contributed by atoms with E-state index in [0.717, 1.165) is 5.56 Å². The fourth-order valence-corrected chi connectivity index (χ4v) is 4.51. The van der Waals surface area contributed by atoms with Crippen LogP contribution in [-0.2, 0) is 9.59 Å². The largest absolute Gasteiger partial charge is 0.481 e. The van der Waals surface area contributed by atoms with Crippen molar-refractivity contribution in [3.8, 4) is 0 Å². The van der Waals surface area contributed by atoms with Gasteiger partial charge in [0.15, 0.2) is 0 Å². The second-order valence-corrected chi connectivity index (χ2v) is 8.73. The second kappa shape index (κ2) is 5.33. The average molecular weight is 329 g/mol. The normalized spacial score (nSPS) is 26.7. The molecule has 1 saturated heterocycles. The van der Waals surface area contributed by atoms with E-state index in [-0.39, 0.29) is 17.4 Å². The molecular weight excluding hydrogens is 302 g/mol. The van der Waals surface area contributed by atoms with Crippen molar-refractivity contribution in [3.63, 3.8) is 0 Å². The number of benzene rings is 1. The molecule has 3 rings (SSSR count). The van der Waals surface area contributed by atoms with Gasteiger partial charge in [-0.2, -0.15) is 0 Å². The van der Waals surface area contributed by atoms with Crippen LogP contribution < -0.4 is 0 Å². The van der Waals surface area contributed by atoms with Crippen molar-refractivity contribution in [3.05, 3.63) is 35.9 Å². The Balaban J connectivity index is 1.99. The van der Waals surface area contributed by atoms with E-state index in [0.29, 0.717) is 25.8 Å². The van der Waals surface area contributed by atoms with E-state index < -0.39 is 16.8 Å². The molecule has 1 aromatic carbocycles. The first-order chi connectivity index (χ1) is 11.1. The topological polar surface area (TPSA) is 57.6 Å². The molecule has 4 nitrogen and oxygen atoms in total. The van der Waals surface area contributed by atoms with Crippen molar-refractivity contribution in [1.29, 1.82) is 0 Å². The summed E-state index contributed by atoms with van der Waals surface area (Å²) in [6.07, 6.45) is 1.93. The molecule has 1 aliphatic carbocycles. The minimum absolute atomic E-state index is 0.0329. The lowest BCUT2D eigenvalue weighted by Crippen LogP contribution is -2.43. The maximum absolute atomic E-state index is 13.2. The predicted octanol–water partition coefficient (Wildman–Crippen LogP) is 3.88. The van der Waals surface area contributed by atoms with E-state index in [1.807, 2.05) is 42.2 Å². The van der Waals surface area contributed by atoms with Gasteiger partial charge in [-0.15, -0.1) is 0 Å². The van der Waals surface area contributed by atoms with Crippen molar-refractivity contribution in [2.75, 3.05) is 6.54 Å².